The molecule has 5 rings (SSSR count). The maximum atomic E-state index is 13.5. The third-order valence-electron chi connectivity index (χ3n) is 7.02. The number of methoxy groups -OCH3 is 1. The molecule has 0 saturated carbocycles. The van der Waals surface area contributed by atoms with Crippen molar-refractivity contribution in [1.29, 1.82) is 0 Å². The Bertz CT molecular complexity index is 1650. The van der Waals surface area contributed by atoms with Gasteiger partial charge in [-0.05, 0) is 49.6 Å². The summed E-state index contributed by atoms with van der Waals surface area (Å²) >= 11 is 0. The summed E-state index contributed by atoms with van der Waals surface area (Å²) in [7, 11) is -0.537. The Kier molecular flexibility index (Phi) is 7.49. The highest BCUT2D eigenvalue weighted by atomic mass is 32.2. The highest BCUT2D eigenvalue weighted by Gasteiger charge is 2.28. The van der Waals surface area contributed by atoms with E-state index in [0.29, 0.717) is 57.6 Å². The molecule has 0 bridgehead atoms. The maximum Gasteiger partial charge on any atom is 0.254 e. The van der Waals surface area contributed by atoms with Gasteiger partial charge in [-0.15, -0.1) is 10.2 Å². The molecule has 39 heavy (non-hydrogen) atoms. The van der Waals surface area contributed by atoms with E-state index in [1.165, 1.54) is 7.11 Å². The van der Waals surface area contributed by atoms with Crippen LogP contribution in [0, 0.1) is 6.92 Å². The van der Waals surface area contributed by atoms with E-state index < -0.39 is 10.0 Å². The zero-order valence-electron chi connectivity index (χ0n) is 22.2. The molecule has 9 nitrogen and oxygen atoms in total. The van der Waals surface area contributed by atoms with Gasteiger partial charge in [-0.2, -0.15) is 4.31 Å². The first kappa shape index (κ1) is 26.6. The Hall–Kier alpha value is -4.02. The minimum Gasteiger partial charge on any atom is -0.496 e. The Balaban J connectivity index is 1.55. The molecule has 4 aromatic rings. The van der Waals surface area contributed by atoms with Crippen LogP contribution in [0.15, 0.2) is 65.6 Å². The predicted molar refractivity (Wildman–Crippen MR) is 152 cm³/mol. The van der Waals surface area contributed by atoms with Crippen molar-refractivity contribution in [2.75, 3.05) is 32.6 Å². The number of ether oxygens (including phenoxy) is 1. The van der Waals surface area contributed by atoms with Crippen molar-refractivity contribution in [2.45, 2.75) is 31.1 Å². The summed E-state index contributed by atoms with van der Waals surface area (Å²) in [4.78, 5) is 12.6. The second-order valence-electron chi connectivity index (χ2n) is 9.51. The number of hydrogen-bond donors (Lipinski definition) is 2. The van der Waals surface area contributed by atoms with E-state index in [-0.39, 0.29) is 5.91 Å². The van der Waals surface area contributed by atoms with E-state index >= 15 is 0 Å². The van der Waals surface area contributed by atoms with Crippen LogP contribution in [0.5, 0.6) is 5.75 Å². The smallest absolute Gasteiger partial charge is 0.254 e. The van der Waals surface area contributed by atoms with E-state index in [9.17, 15) is 13.2 Å². The highest BCUT2D eigenvalue weighted by Crippen LogP contribution is 2.34. The minimum absolute atomic E-state index is 0.267. The van der Waals surface area contributed by atoms with Gasteiger partial charge in [0.1, 0.15) is 11.4 Å². The van der Waals surface area contributed by atoms with E-state index in [4.69, 9.17) is 4.74 Å². The van der Waals surface area contributed by atoms with Crippen molar-refractivity contribution in [2.24, 2.45) is 0 Å². The maximum absolute atomic E-state index is 13.5. The van der Waals surface area contributed by atoms with Crippen LogP contribution in [0.1, 0.15) is 35.2 Å². The number of hydrogen-bond acceptors (Lipinski definition) is 7. The van der Waals surface area contributed by atoms with Crippen molar-refractivity contribution in [3.05, 3.63) is 71.8 Å². The lowest BCUT2D eigenvalue weighted by Gasteiger charge is -2.26. The van der Waals surface area contributed by atoms with Crippen molar-refractivity contribution in [3.8, 4) is 17.0 Å². The molecule has 0 unspecified atom stereocenters. The predicted octanol–water partition coefficient (Wildman–Crippen LogP) is 4.89. The van der Waals surface area contributed by atoms with Crippen LogP contribution in [0.4, 0.5) is 11.5 Å². The molecule has 2 heterocycles. The third-order valence-corrected chi connectivity index (χ3v) is 9.06. The largest absolute Gasteiger partial charge is 0.496 e. The molecule has 1 aromatic heterocycles. The first-order valence-electron chi connectivity index (χ1n) is 12.9. The van der Waals surface area contributed by atoms with E-state index in [2.05, 4.69) is 20.8 Å². The number of benzene rings is 3. The Morgan fingerprint density at radius 2 is 1.69 bits per heavy atom. The fourth-order valence-electron chi connectivity index (χ4n) is 4.91. The van der Waals surface area contributed by atoms with Gasteiger partial charge >= 0.3 is 0 Å². The van der Waals surface area contributed by atoms with Gasteiger partial charge in [0.15, 0.2) is 5.82 Å². The molecule has 1 fully saturated rings. The van der Waals surface area contributed by atoms with Crippen molar-refractivity contribution >= 4 is 38.2 Å². The van der Waals surface area contributed by atoms with Crippen molar-refractivity contribution < 1.29 is 17.9 Å². The number of fused-ring (bicyclic) bond motifs is 1. The minimum atomic E-state index is -3.61. The van der Waals surface area contributed by atoms with Crippen LogP contribution in [0.2, 0.25) is 0 Å². The van der Waals surface area contributed by atoms with Gasteiger partial charge in [0.25, 0.3) is 5.91 Å². The summed E-state index contributed by atoms with van der Waals surface area (Å²) < 4.78 is 33.9. The standard InChI is InChI=1S/C29H31N5O4S/c1-19-11-12-20(17-26(19)39(36,37)34-15-7-4-8-16-34)27-22-9-5-6-10-23(22)28(33-32-27)31-21-13-14-25(38-3)24(18-21)29(35)30-2/h5-6,9-14,17-18H,4,7-8,15-16H2,1-3H3,(H,30,35)(H,31,33). The fourth-order valence-corrected chi connectivity index (χ4v) is 6.68. The van der Waals surface area contributed by atoms with Gasteiger partial charge in [0, 0.05) is 42.2 Å². The number of aromatic nitrogens is 2. The molecule has 202 valence electrons. The van der Waals surface area contributed by atoms with Crippen LogP contribution in [-0.2, 0) is 10.0 Å². The quantitative estimate of drug-likeness (QED) is 0.340. The first-order chi connectivity index (χ1) is 18.8. The summed E-state index contributed by atoms with van der Waals surface area (Å²) in [6.07, 6.45) is 2.80. The Morgan fingerprint density at radius 1 is 0.949 bits per heavy atom. The molecule has 0 atom stereocenters. The molecule has 10 heteroatoms. The zero-order valence-corrected chi connectivity index (χ0v) is 23.0. The van der Waals surface area contributed by atoms with Gasteiger partial charge < -0.3 is 15.4 Å². The molecule has 1 saturated heterocycles. The van der Waals surface area contributed by atoms with Crippen LogP contribution in [-0.4, -0.2) is 56.1 Å². The van der Waals surface area contributed by atoms with Crippen LogP contribution < -0.4 is 15.4 Å². The Labute approximate surface area is 228 Å². The van der Waals surface area contributed by atoms with Gasteiger partial charge in [-0.25, -0.2) is 8.42 Å². The van der Waals surface area contributed by atoms with E-state index in [0.717, 1.165) is 30.0 Å². The second-order valence-corrected chi connectivity index (χ2v) is 11.4. The lowest BCUT2D eigenvalue weighted by Crippen LogP contribution is -2.35. The number of nitrogens with one attached hydrogen (secondary N) is 2. The van der Waals surface area contributed by atoms with Crippen molar-refractivity contribution in [1.82, 2.24) is 19.8 Å². The summed E-state index contributed by atoms with van der Waals surface area (Å²) in [5.74, 6) is 0.702. The monoisotopic (exact) mass is 545 g/mol. The van der Waals surface area contributed by atoms with Gasteiger partial charge in [0.2, 0.25) is 10.0 Å². The number of sulfonamides is 1. The lowest BCUT2D eigenvalue weighted by molar-refractivity contribution is 0.0960. The van der Waals surface area contributed by atoms with Crippen molar-refractivity contribution in [3.63, 3.8) is 0 Å². The number of anilines is 2. The molecular weight excluding hydrogens is 514 g/mol. The number of nitrogens with zero attached hydrogens (tertiary/aromatic N) is 3. The van der Waals surface area contributed by atoms with E-state index in [1.807, 2.05) is 43.3 Å². The summed E-state index contributed by atoms with van der Waals surface area (Å²) in [5.41, 5.74) is 3.00. The average molecular weight is 546 g/mol. The summed E-state index contributed by atoms with van der Waals surface area (Å²) in [5, 5.41) is 16.5. The fraction of sp³-hybridized carbons (Fsp3) is 0.276. The lowest BCUT2D eigenvalue weighted by atomic mass is 10.0. The highest BCUT2D eigenvalue weighted by molar-refractivity contribution is 7.89. The molecule has 2 N–H and O–H groups in total. The molecule has 0 spiro atoms. The summed E-state index contributed by atoms with van der Waals surface area (Å²) in [6.45, 7) is 2.91. The third kappa shape index (κ3) is 5.17. The molecule has 1 aliphatic heterocycles. The second kappa shape index (κ2) is 11.0. The number of carbonyl (C=O) groups is 1. The number of piperidine rings is 1. The molecule has 0 aliphatic carbocycles. The zero-order chi connectivity index (χ0) is 27.6. The average Bonchev–Trinajstić information content (AvgIpc) is 2.97. The normalized spacial score (nSPS) is 14.2. The number of carbonyl (C=O) groups excluding carboxylic acids is 1. The van der Waals surface area contributed by atoms with E-state index in [1.54, 1.807) is 35.6 Å². The van der Waals surface area contributed by atoms with Gasteiger partial charge in [-0.3, -0.25) is 4.79 Å². The molecule has 1 aliphatic rings. The SMILES string of the molecule is CNC(=O)c1cc(Nc2nnc(-c3ccc(C)c(S(=O)(=O)N4CCCCC4)c3)c3ccccc23)ccc1OC. The Morgan fingerprint density at radius 3 is 2.41 bits per heavy atom. The van der Waals surface area contributed by atoms with Gasteiger partial charge in [0.05, 0.1) is 17.6 Å². The topological polar surface area (TPSA) is 114 Å². The van der Waals surface area contributed by atoms with Crippen LogP contribution in [0.25, 0.3) is 22.0 Å². The number of aryl methyl sites for hydroxylation is 1. The number of amides is 1. The summed E-state index contributed by atoms with van der Waals surface area (Å²) in [6, 6.07) is 18.3. The van der Waals surface area contributed by atoms with Crippen LogP contribution >= 0.6 is 0 Å². The molecule has 1 amide bonds. The number of rotatable bonds is 7. The molecular formula is C29H31N5O4S. The molecule has 3 aromatic carbocycles. The first-order valence-corrected chi connectivity index (χ1v) is 14.3. The molecule has 0 radical (unpaired) electrons. The van der Waals surface area contributed by atoms with Gasteiger partial charge in [-0.1, -0.05) is 42.8 Å². The van der Waals surface area contributed by atoms with Crippen LogP contribution in [0.3, 0.4) is 0 Å².